The van der Waals surface area contributed by atoms with Crippen LogP contribution in [-0.2, 0) is 0 Å². The van der Waals surface area contributed by atoms with Gasteiger partial charge in [-0.1, -0.05) is 30.3 Å². The number of non-ortho nitro benzene ring substituents is 1. The molecule has 0 saturated carbocycles. The number of rotatable bonds is 8. The molecule has 2 heterocycles. The zero-order valence-corrected chi connectivity index (χ0v) is 19.5. The Morgan fingerprint density at radius 1 is 0.971 bits per heavy atom. The Labute approximate surface area is 203 Å². The number of nitrogens with zero attached hydrogens (tertiary/aromatic N) is 3. The fourth-order valence-corrected chi connectivity index (χ4v) is 5.02. The number of likely N-dealkylation sites (tertiary alicyclic amines) is 1. The molecule has 180 valence electrons. The number of hydrogen-bond donors (Lipinski definition) is 2. The second-order valence-electron chi connectivity index (χ2n) is 9.02. The van der Waals surface area contributed by atoms with Crippen molar-refractivity contribution in [2.45, 2.75) is 25.3 Å². The molecule has 1 aliphatic rings. The van der Waals surface area contributed by atoms with Crippen LogP contribution in [0.15, 0.2) is 77.6 Å². The summed E-state index contributed by atoms with van der Waals surface area (Å²) in [6, 6.07) is 22.8. The van der Waals surface area contributed by atoms with Crippen molar-refractivity contribution in [3.05, 3.63) is 93.4 Å². The summed E-state index contributed by atoms with van der Waals surface area (Å²) >= 11 is 0. The summed E-state index contributed by atoms with van der Waals surface area (Å²) in [6.07, 6.45) is 2.95. The minimum absolute atomic E-state index is 0.0134. The number of fused-ring (bicyclic) bond motifs is 1. The van der Waals surface area contributed by atoms with E-state index in [1.165, 1.54) is 0 Å². The number of anilines is 1. The number of hydrogen-bond acceptors (Lipinski definition) is 5. The van der Waals surface area contributed by atoms with E-state index in [1.54, 1.807) is 24.3 Å². The summed E-state index contributed by atoms with van der Waals surface area (Å²) in [6.45, 7) is 3.81. The summed E-state index contributed by atoms with van der Waals surface area (Å²) in [5.74, 6) is 0. The molecule has 1 saturated heterocycles. The van der Waals surface area contributed by atoms with Gasteiger partial charge in [0.25, 0.3) is 5.69 Å². The highest BCUT2D eigenvalue weighted by molar-refractivity contribution is 5.78. The summed E-state index contributed by atoms with van der Waals surface area (Å²) in [7, 11) is 0. The molecule has 0 amide bonds. The number of benzene rings is 3. The maximum Gasteiger partial charge on any atom is 0.326 e. The number of imidazole rings is 1. The molecule has 8 nitrogen and oxygen atoms in total. The maximum absolute atomic E-state index is 12.5. The van der Waals surface area contributed by atoms with Gasteiger partial charge < -0.3 is 15.2 Å². The van der Waals surface area contributed by atoms with Gasteiger partial charge in [0.15, 0.2) is 0 Å². The van der Waals surface area contributed by atoms with Gasteiger partial charge in [0.2, 0.25) is 0 Å². The standard InChI is InChI=1S/C27H29N5O3/c33-27-29-25-8-3-4-9-26(25)31(27)21-14-18-30(19-15-21)17-5-16-28-24-7-2-1-6-23(24)20-10-12-22(13-11-20)32(34)35/h1-4,6-13,21,28H,5,14-19H2,(H,29,33). The summed E-state index contributed by atoms with van der Waals surface area (Å²) in [4.78, 5) is 28.5. The molecule has 8 heteroatoms. The molecular weight excluding hydrogens is 442 g/mol. The molecule has 1 aliphatic heterocycles. The Morgan fingerprint density at radius 2 is 1.69 bits per heavy atom. The van der Waals surface area contributed by atoms with Crippen molar-refractivity contribution in [3.63, 3.8) is 0 Å². The van der Waals surface area contributed by atoms with E-state index in [4.69, 9.17) is 0 Å². The lowest BCUT2D eigenvalue weighted by atomic mass is 10.0. The zero-order valence-electron chi connectivity index (χ0n) is 19.5. The van der Waals surface area contributed by atoms with E-state index in [0.29, 0.717) is 0 Å². The highest BCUT2D eigenvalue weighted by Gasteiger charge is 2.23. The third-order valence-electron chi connectivity index (χ3n) is 6.83. The predicted octanol–water partition coefficient (Wildman–Crippen LogP) is 5.04. The first kappa shape index (κ1) is 22.9. The van der Waals surface area contributed by atoms with Gasteiger partial charge in [-0.05, 0) is 61.7 Å². The van der Waals surface area contributed by atoms with Crippen LogP contribution in [0.25, 0.3) is 22.2 Å². The fraction of sp³-hybridized carbons (Fsp3) is 0.296. The van der Waals surface area contributed by atoms with E-state index in [9.17, 15) is 14.9 Å². The Morgan fingerprint density at radius 3 is 2.46 bits per heavy atom. The maximum atomic E-state index is 12.5. The van der Waals surface area contributed by atoms with E-state index < -0.39 is 0 Å². The lowest BCUT2D eigenvalue weighted by Crippen LogP contribution is -2.37. The number of aromatic amines is 1. The average molecular weight is 472 g/mol. The molecule has 0 radical (unpaired) electrons. The van der Waals surface area contributed by atoms with Crippen molar-refractivity contribution in [3.8, 4) is 11.1 Å². The van der Waals surface area contributed by atoms with Crippen LogP contribution in [0.5, 0.6) is 0 Å². The molecular formula is C27H29N5O3. The van der Waals surface area contributed by atoms with Gasteiger partial charge in [0.05, 0.1) is 16.0 Å². The van der Waals surface area contributed by atoms with Crippen molar-refractivity contribution in [2.75, 3.05) is 31.5 Å². The molecule has 4 aromatic rings. The molecule has 5 rings (SSSR count). The molecule has 3 aromatic carbocycles. The minimum Gasteiger partial charge on any atom is -0.384 e. The van der Waals surface area contributed by atoms with Crippen LogP contribution in [0.1, 0.15) is 25.3 Å². The van der Waals surface area contributed by atoms with Gasteiger partial charge in [-0.25, -0.2) is 4.79 Å². The monoisotopic (exact) mass is 471 g/mol. The van der Waals surface area contributed by atoms with Crippen molar-refractivity contribution in [1.82, 2.24) is 14.5 Å². The van der Waals surface area contributed by atoms with Crippen LogP contribution in [0.2, 0.25) is 0 Å². The first-order chi connectivity index (χ1) is 17.1. The zero-order chi connectivity index (χ0) is 24.2. The molecule has 35 heavy (non-hydrogen) atoms. The SMILES string of the molecule is O=c1[nH]c2ccccc2n1C1CCN(CCCNc2ccccc2-c2ccc([N+](=O)[O-])cc2)CC1. The Balaban J connectivity index is 1.13. The fourth-order valence-electron chi connectivity index (χ4n) is 5.02. The van der Waals surface area contributed by atoms with Gasteiger partial charge >= 0.3 is 5.69 Å². The topological polar surface area (TPSA) is 96.2 Å². The van der Waals surface area contributed by atoms with Gasteiger partial charge in [-0.15, -0.1) is 0 Å². The lowest BCUT2D eigenvalue weighted by Gasteiger charge is -2.32. The molecule has 0 atom stereocenters. The summed E-state index contributed by atoms with van der Waals surface area (Å²) < 4.78 is 1.93. The molecule has 1 aromatic heterocycles. The first-order valence-electron chi connectivity index (χ1n) is 12.1. The van der Waals surface area contributed by atoms with Crippen molar-refractivity contribution in [2.24, 2.45) is 0 Å². The van der Waals surface area contributed by atoms with E-state index >= 15 is 0 Å². The van der Waals surface area contributed by atoms with Crippen LogP contribution in [0, 0.1) is 10.1 Å². The summed E-state index contributed by atoms with van der Waals surface area (Å²) in [5.41, 5.74) is 4.99. The third kappa shape index (κ3) is 4.97. The average Bonchev–Trinajstić information content (AvgIpc) is 3.23. The molecule has 0 unspecified atom stereocenters. The highest BCUT2D eigenvalue weighted by atomic mass is 16.6. The van der Waals surface area contributed by atoms with E-state index in [1.807, 2.05) is 53.1 Å². The van der Waals surface area contributed by atoms with Crippen molar-refractivity contribution in [1.29, 1.82) is 0 Å². The van der Waals surface area contributed by atoms with Crippen molar-refractivity contribution < 1.29 is 4.92 Å². The van der Waals surface area contributed by atoms with Crippen molar-refractivity contribution >= 4 is 22.4 Å². The molecule has 2 N–H and O–H groups in total. The molecule has 0 spiro atoms. The van der Waals surface area contributed by atoms with E-state index in [0.717, 1.165) is 73.3 Å². The number of nitro groups is 1. The second kappa shape index (κ2) is 10.1. The molecule has 0 bridgehead atoms. The highest BCUT2D eigenvalue weighted by Crippen LogP contribution is 2.29. The smallest absolute Gasteiger partial charge is 0.326 e. The second-order valence-corrected chi connectivity index (χ2v) is 9.02. The quantitative estimate of drug-likeness (QED) is 0.213. The van der Waals surface area contributed by atoms with Gasteiger partial charge in [0, 0.05) is 49.1 Å². The van der Waals surface area contributed by atoms with E-state index in [-0.39, 0.29) is 22.3 Å². The third-order valence-corrected chi connectivity index (χ3v) is 6.83. The Hall–Kier alpha value is -3.91. The van der Waals surface area contributed by atoms with E-state index in [2.05, 4.69) is 15.2 Å². The predicted molar refractivity (Wildman–Crippen MR) is 139 cm³/mol. The number of piperidine rings is 1. The number of nitrogens with one attached hydrogen (secondary N) is 2. The summed E-state index contributed by atoms with van der Waals surface area (Å²) in [5, 5.41) is 14.5. The number of para-hydroxylation sites is 3. The normalized spacial score (nSPS) is 14.9. The number of nitro benzene ring substituents is 1. The number of aromatic nitrogens is 2. The van der Waals surface area contributed by atoms with Gasteiger partial charge in [0.1, 0.15) is 0 Å². The van der Waals surface area contributed by atoms with Gasteiger partial charge in [-0.3, -0.25) is 14.7 Å². The van der Waals surface area contributed by atoms with Crippen LogP contribution in [0.4, 0.5) is 11.4 Å². The Bertz CT molecular complexity index is 1370. The lowest BCUT2D eigenvalue weighted by molar-refractivity contribution is -0.384. The Kier molecular flexibility index (Phi) is 6.63. The van der Waals surface area contributed by atoms with Crippen LogP contribution < -0.4 is 11.0 Å². The van der Waals surface area contributed by atoms with Gasteiger partial charge in [-0.2, -0.15) is 0 Å². The number of H-pyrrole nitrogens is 1. The first-order valence-corrected chi connectivity index (χ1v) is 12.1. The van der Waals surface area contributed by atoms with Crippen LogP contribution >= 0.6 is 0 Å². The molecule has 1 fully saturated rings. The van der Waals surface area contributed by atoms with Crippen LogP contribution in [0.3, 0.4) is 0 Å². The van der Waals surface area contributed by atoms with Crippen LogP contribution in [-0.4, -0.2) is 45.6 Å². The largest absolute Gasteiger partial charge is 0.384 e. The minimum atomic E-state index is -0.379. The molecule has 0 aliphatic carbocycles.